The molecule has 0 radical (unpaired) electrons. The number of carbonyl (C=O) groups excluding carboxylic acids is 1. The van der Waals surface area contributed by atoms with Gasteiger partial charge in [-0.15, -0.1) is 0 Å². The molecule has 0 aromatic heterocycles. The van der Waals surface area contributed by atoms with Crippen LogP contribution >= 0.6 is 0 Å². The number of hydrogen-bond donors (Lipinski definition) is 1. The van der Waals surface area contributed by atoms with E-state index in [9.17, 15) is 4.79 Å². The second-order valence-corrected chi connectivity index (χ2v) is 3.13. The van der Waals surface area contributed by atoms with Gasteiger partial charge in [-0.1, -0.05) is 30.3 Å². The highest BCUT2D eigenvalue weighted by atomic mass is 16.7. The standard InChI is InChI=1S/C11H14N2O2/c1-3-9-8(2)5-4-6-10(9)11(12)13-15-7-14/h4-7H,3H2,1-2H3,(H2,12,13). The van der Waals surface area contributed by atoms with Crippen LogP contribution in [-0.2, 0) is 16.1 Å². The molecule has 0 spiro atoms. The van der Waals surface area contributed by atoms with Crippen LogP contribution < -0.4 is 5.73 Å². The molecule has 0 aliphatic rings. The fraction of sp³-hybridized carbons (Fsp3) is 0.273. The van der Waals surface area contributed by atoms with Crippen LogP contribution in [0.3, 0.4) is 0 Å². The average Bonchev–Trinajstić information content (AvgIpc) is 2.25. The smallest absolute Gasteiger partial charge is 0.323 e. The minimum atomic E-state index is 0.225. The second kappa shape index (κ2) is 5.14. The zero-order valence-electron chi connectivity index (χ0n) is 8.86. The van der Waals surface area contributed by atoms with Gasteiger partial charge in [-0.2, -0.15) is 0 Å². The predicted octanol–water partition coefficient (Wildman–Crippen LogP) is 1.35. The molecule has 0 heterocycles. The van der Waals surface area contributed by atoms with Gasteiger partial charge in [-0.3, -0.25) is 4.79 Å². The Kier molecular flexibility index (Phi) is 3.85. The molecule has 0 bridgehead atoms. The van der Waals surface area contributed by atoms with Crippen molar-refractivity contribution >= 4 is 12.3 Å². The summed E-state index contributed by atoms with van der Waals surface area (Å²) in [5.74, 6) is 0.225. The molecule has 1 aromatic rings. The highest BCUT2D eigenvalue weighted by Crippen LogP contribution is 2.14. The summed E-state index contributed by atoms with van der Waals surface area (Å²) in [7, 11) is 0. The van der Waals surface area contributed by atoms with Gasteiger partial charge in [0, 0.05) is 5.56 Å². The SMILES string of the molecule is CCc1c(C)cccc1/C(N)=N/OC=O. The van der Waals surface area contributed by atoms with E-state index in [0.717, 1.165) is 23.1 Å². The van der Waals surface area contributed by atoms with E-state index < -0.39 is 0 Å². The molecular weight excluding hydrogens is 192 g/mol. The summed E-state index contributed by atoms with van der Waals surface area (Å²) < 4.78 is 0. The van der Waals surface area contributed by atoms with Gasteiger partial charge in [0.1, 0.15) is 0 Å². The Hall–Kier alpha value is -1.84. The maximum atomic E-state index is 9.98. The van der Waals surface area contributed by atoms with Gasteiger partial charge in [0.2, 0.25) is 0 Å². The number of nitrogens with two attached hydrogens (primary N) is 1. The van der Waals surface area contributed by atoms with Crippen LogP contribution in [0.25, 0.3) is 0 Å². The lowest BCUT2D eigenvalue weighted by molar-refractivity contribution is -0.128. The van der Waals surface area contributed by atoms with Gasteiger partial charge in [0.15, 0.2) is 5.84 Å². The first-order valence-corrected chi connectivity index (χ1v) is 4.72. The first-order valence-electron chi connectivity index (χ1n) is 4.72. The van der Waals surface area contributed by atoms with E-state index in [2.05, 4.69) is 9.99 Å². The van der Waals surface area contributed by atoms with E-state index in [0.29, 0.717) is 0 Å². The van der Waals surface area contributed by atoms with Gasteiger partial charge < -0.3 is 10.6 Å². The largest absolute Gasteiger partial charge is 0.380 e. The van der Waals surface area contributed by atoms with E-state index in [4.69, 9.17) is 5.73 Å². The van der Waals surface area contributed by atoms with Gasteiger partial charge >= 0.3 is 6.47 Å². The molecule has 1 rings (SSSR count). The summed E-state index contributed by atoms with van der Waals surface area (Å²) in [6.07, 6.45) is 0.860. The van der Waals surface area contributed by atoms with Crippen LogP contribution in [0.1, 0.15) is 23.6 Å². The highest BCUT2D eigenvalue weighted by molar-refractivity contribution is 5.98. The van der Waals surface area contributed by atoms with Crippen LogP contribution in [0.5, 0.6) is 0 Å². The fourth-order valence-corrected chi connectivity index (χ4v) is 1.54. The molecule has 0 amide bonds. The van der Waals surface area contributed by atoms with Crippen molar-refractivity contribution in [3.63, 3.8) is 0 Å². The number of rotatable bonds is 4. The Bertz CT molecular complexity index is 386. The summed E-state index contributed by atoms with van der Waals surface area (Å²) in [6.45, 7) is 4.30. The van der Waals surface area contributed by atoms with Crippen LogP contribution in [0.2, 0.25) is 0 Å². The van der Waals surface area contributed by atoms with Gasteiger partial charge in [0.05, 0.1) is 0 Å². The van der Waals surface area contributed by atoms with Crippen molar-refractivity contribution in [2.24, 2.45) is 10.9 Å². The normalized spacial score (nSPS) is 11.2. The number of aryl methyl sites for hydroxylation is 1. The highest BCUT2D eigenvalue weighted by Gasteiger charge is 2.07. The molecule has 1 aromatic carbocycles. The lowest BCUT2D eigenvalue weighted by atomic mass is 9.99. The minimum Gasteiger partial charge on any atom is -0.380 e. The zero-order valence-corrected chi connectivity index (χ0v) is 8.86. The van der Waals surface area contributed by atoms with E-state index in [1.165, 1.54) is 0 Å². The molecule has 0 saturated carbocycles. The molecule has 0 aliphatic heterocycles. The first kappa shape index (κ1) is 11.2. The molecule has 80 valence electrons. The third-order valence-corrected chi connectivity index (χ3v) is 2.23. The second-order valence-electron chi connectivity index (χ2n) is 3.13. The molecule has 0 aliphatic carbocycles. The molecular formula is C11H14N2O2. The van der Waals surface area contributed by atoms with E-state index in [1.807, 2.05) is 32.0 Å². The van der Waals surface area contributed by atoms with Crippen molar-refractivity contribution in [1.82, 2.24) is 0 Å². The number of amidine groups is 1. The summed E-state index contributed by atoms with van der Waals surface area (Å²) in [6, 6.07) is 5.77. The Morgan fingerprint density at radius 1 is 1.60 bits per heavy atom. The lowest BCUT2D eigenvalue weighted by Gasteiger charge is -2.09. The topological polar surface area (TPSA) is 64.7 Å². The van der Waals surface area contributed by atoms with Crippen molar-refractivity contribution in [3.8, 4) is 0 Å². The molecule has 0 unspecified atom stereocenters. The number of nitrogens with zero attached hydrogens (tertiary/aromatic N) is 1. The molecule has 2 N–H and O–H groups in total. The Balaban J connectivity index is 3.13. The van der Waals surface area contributed by atoms with E-state index in [1.54, 1.807) is 0 Å². The molecule has 15 heavy (non-hydrogen) atoms. The minimum absolute atomic E-state index is 0.225. The van der Waals surface area contributed by atoms with Gasteiger partial charge in [0.25, 0.3) is 0 Å². The van der Waals surface area contributed by atoms with Gasteiger partial charge in [-0.05, 0) is 24.5 Å². The van der Waals surface area contributed by atoms with E-state index >= 15 is 0 Å². The fourth-order valence-electron chi connectivity index (χ4n) is 1.54. The third kappa shape index (κ3) is 2.56. The van der Waals surface area contributed by atoms with Crippen molar-refractivity contribution < 1.29 is 9.63 Å². The third-order valence-electron chi connectivity index (χ3n) is 2.23. The molecule has 0 fully saturated rings. The number of carbonyl (C=O) groups is 1. The summed E-state index contributed by atoms with van der Waals surface area (Å²) in [4.78, 5) is 14.2. The predicted molar refractivity (Wildman–Crippen MR) is 58.4 cm³/mol. The van der Waals surface area contributed by atoms with Crippen LogP contribution in [0, 0.1) is 6.92 Å². The van der Waals surface area contributed by atoms with Crippen molar-refractivity contribution in [2.45, 2.75) is 20.3 Å². The molecule has 0 atom stereocenters. The number of oxime groups is 1. The lowest BCUT2D eigenvalue weighted by Crippen LogP contribution is -2.16. The number of hydrogen-bond acceptors (Lipinski definition) is 3. The molecule has 4 nitrogen and oxygen atoms in total. The average molecular weight is 206 g/mol. The van der Waals surface area contributed by atoms with Crippen molar-refractivity contribution in [1.29, 1.82) is 0 Å². The first-order chi connectivity index (χ1) is 7.20. The van der Waals surface area contributed by atoms with Crippen molar-refractivity contribution in [2.75, 3.05) is 0 Å². The van der Waals surface area contributed by atoms with Gasteiger partial charge in [-0.25, -0.2) is 0 Å². The summed E-state index contributed by atoms with van der Waals surface area (Å²) >= 11 is 0. The van der Waals surface area contributed by atoms with Crippen molar-refractivity contribution in [3.05, 3.63) is 34.9 Å². The van der Waals surface area contributed by atoms with Crippen LogP contribution in [-0.4, -0.2) is 12.3 Å². The molecule has 0 saturated heterocycles. The van der Waals surface area contributed by atoms with Crippen LogP contribution in [0.15, 0.2) is 23.4 Å². The summed E-state index contributed by atoms with van der Waals surface area (Å²) in [5, 5.41) is 3.49. The molecule has 4 heteroatoms. The Labute approximate surface area is 88.7 Å². The quantitative estimate of drug-likeness (QED) is 0.266. The summed E-state index contributed by atoms with van der Waals surface area (Å²) in [5.41, 5.74) is 8.78. The monoisotopic (exact) mass is 206 g/mol. The van der Waals surface area contributed by atoms with Crippen LogP contribution in [0.4, 0.5) is 0 Å². The Morgan fingerprint density at radius 2 is 2.33 bits per heavy atom. The maximum Gasteiger partial charge on any atom is 0.323 e. The Morgan fingerprint density at radius 3 is 2.93 bits per heavy atom. The zero-order chi connectivity index (χ0) is 11.3. The van der Waals surface area contributed by atoms with E-state index in [-0.39, 0.29) is 12.3 Å². The maximum absolute atomic E-state index is 9.98. The number of benzene rings is 1.